The van der Waals surface area contributed by atoms with E-state index in [-0.39, 0.29) is 12.1 Å². The van der Waals surface area contributed by atoms with Crippen LogP contribution in [-0.4, -0.2) is 29.2 Å². The van der Waals surface area contributed by atoms with Crippen molar-refractivity contribution in [3.05, 3.63) is 35.9 Å². The average Bonchev–Trinajstić information content (AvgIpc) is 2.39. The molecule has 2 nitrogen and oxygen atoms in total. The van der Waals surface area contributed by atoms with Crippen LogP contribution in [0.2, 0.25) is 0 Å². The van der Waals surface area contributed by atoms with E-state index in [0.29, 0.717) is 6.04 Å². The predicted octanol–water partition coefficient (Wildman–Crippen LogP) is 2.77. The van der Waals surface area contributed by atoms with Crippen LogP contribution in [0.4, 0.5) is 0 Å². The van der Waals surface area contributed by atoms with Gasteiger partial charge in [0.2, 0.25) is 0 Å². The van der Waals surface area contributed by atoms with Crippen molar-refractivity contribution in [3.8, 4) is 0 Å². The molecule has 1 heterocycles. The highest BCUT2D eigenvalue weighted by atomic mass is 16.3. The number of hydrogen-bond acceptors (Lipinski definition) is 2. The number of piperidine rings is 1. The van der Waals surface area contributed by atoms with Crippen molar-refractivity contribution < 1.29 is 5.11 Å². The maximum absolute atomic E-state index is 9.53. The summed E-state index contributed by atoms with van der Waals surface area (Å²) in [7, 11) is 0. The van der Waals surface area contributed by atoms with E-state index < -0.39 is 0 Å². The molecule has 1 fully saturated rings. The third-order valence-electron chi connectivity index (χ3n) is 4.04. The molecule has 1 saturated heterocycles. The fourth-order valence-corrected chi connectivity index (χ4v) is 2.94. The summed E-state index contributed by atoms with van der Waals surface area (Å²) in [6.45, 7) is 5.88. The maximum Gasteiger partial charge on any atom is 0.0587 e. The molecule has 17 heavy (non-hydrogen) atoms. The lowest BCUT2D eigenvalue weighted by Gasteiger charge is -2.46. The number of aliphatic hydroxyl groups is 1. The third-order valence-corrected chi connectivity index (χ3v) is 4.04. The molecular weight excluding hydrogens is 210 g/mol. The van der Waals surface area contributed by atoms with Crippen LogP contribution in [0.15, 0.2) is 30.3 Å². The highest BCUT2D eigenvalue weighted by Crippen LogP contribution is 2.33. The minimum atomic E-state index is 0.00900. The maximum atomic E-state index is 9.53. The van der Waals surface area contributed by atoms with Gasteiger partial charge >= 0.3 is 0 Å². The first-order valence-electron chi connectivity index (χ1n) is 6.59. The molecule has 1 aliphatic rings. The van der Waals surface area contributed by atoms with Crippen LogP contribution < -0.4 is 0 Å². The van der Waals surface area contributed by atoms with Crippen molar-refractivity contribution in [3.63, 3.8) is 0 Å². The Morgan fingerprint density at radius 1 is 1.24 bits per heavy atom. The summed E-state index contributed by atoms with van der Waals surface area (Å²) < 4.78 is 0. The number of nitrogens with zero attached hydrogens (tertiary/aromatic N) is 1. The van der Waals surface area contributed by atoms with Gasteiger partial charge in [-0.2, -0.15) is 0 Å². The molecule has 0 bridgehead atoms. The zero-order chi connectivity index (χ0) is 12.3. The summed E-state index contributed by atoms with van der Waals surface area (Å²) >= 11 is 0. The Balaban J connectivity index is 2.24. The summed E-state index contributed by atoms with van der Waals surface area (Å²) in [6.07, 6.45) is 3.60. The number of hydrogen-bond donors (Lipinski definition) is 1. The van der Waals surface area contributed by atoms with Gasteiger partial charge in [-0.05, 0) is 38.8 Å². The number of aliphatic hydroxyl groups excluding tert-OH is 1. The summed E-state index contributed by atoms with van der Waals surface area (Å²) in [5.41, 5.74) is 1.34. The van der Waals surface area contributed by atoms with E-state index in [0.717, 1.165) is 13.0 Å². The Bertz CT molecular complexity index is 347. The van der Waals surface area contributed by atoms with Gasteiger partial charge in [0.25, 0.3) is 0 Å². The van der Waals surface area contributed by atoms with Crippen LogP contribution >= 0.6 is 0 Å². The van der Waals surface area contributed by atoms with Crippen molar-refractivity contribution in [2.45, 2.75) is 44.7 Å². The van der Waals surface area contributed by atoms with E-state index in [1.54, 1.807) is 0 Å². The van der Waals surface area contributed by atoms with Gasteiger partial charge in [0.15, 0.2) is 0 Å². The van der Waals surface area contributed by atoms with Crippen LogP contribution in [0.5, 0.6) is 0 Å². The van der Waals surface area contributed by atoms with Gasteiger partial charge in [0.05, 0.1) is 6.61 Å². The lowest BCUT2D eigenvalue weighted by atomic mass is 9.87. The topological polar surface area (TPSA) is 23.5 Å². The minimum Gasteiger partial charge on any atom is -0.395 e. The largest absolute Gasteiger partial charge is 0.395 e. The molecule has 0 spiro atoms. The van der Waals surface area contributed by atoms with E-state index in [1.165, 1.54) is 18.4 Å². The Morgan fingerprint density at radius 2 is 1.94 bits per heavy atom. The van der Waals surface area contributed by atoms with Gasteiger partial charge in [-0.15, -0.1) is 0 Å². The van der Waals surface area contributed by atoms with E-state index in [4.69, 9.17) is 0 Å². The molecule has 94 valence electrons. The quantitative estimate of drug-likeness (QED) is 0.867. The Morgan fingerprint density at radius 3 is 2.59 bits per heavy atom. The molecule has 1 N–H and O–H groups in total. The molecule has 1 aromatic carbocycles. The SMILES string of the molecule is CC(C)(c1ccccc1)N1CCCC[C@@H]1CO. The smallest absolute Gasteiger partial charge is 0.0587 e. The Kier molecular flexibility index (Phi) is 3.85. The average molecular weight is 233 g/mol. The first-order valence-corrected chi connectivity index (χ1v) is 6.59. The molecule has 2 rings (SSSR count). The van der Waals surface area contributed by atoms with Gasteiger partial charge in [0, 0.05) is 11.6 Å². The zero-order valence-electron chi connectivity index (χ0n) is 10.9. The Labute approximate surface area is 104 Å². The van der Waals surface area contributed by atoms with E-state index in [1.807, 2.05) is 0 Å². The van der Waals surface area contributed by atoms with Gasteiger partial charge in [0.1, 0.15) is 0 Å². The second-order valence-electron chi connectivity index (χ2n) is 5.45. The summed E-state index contributed by atoms with van der Waals surface area (Å²) in [4.78, 5) is 2.46. The Hall–Kier alpha value is -0.860. The van der Waals surface area contributed by atoms with Crippen molar-refractivity contribution in [1.82, 2.24) is 4.90 Å². The number of rotatable bonds is 3. The third kappa shape index (κ3) is 2.53. The molecule has 1 atom stereocenters. The number of likely N-dealkylation sites (tertiary alicyclic amines) is 1. The van der Waals surface area contributed by atoms with Gasteiger partial charge in [-0.1, -0.05) is 36.8 Å². The first kappa shape index (κ1) is 12.6. The first-order chi connectivity index (χ1) is 8.16. The molecule has 0 saturated carbocycles. The predicted molar refractivity (Wildman–Crippen MR) is 70.9 cm³/mol. The fourth-order valence-electron chi connectivity index (χ4n) is 2.94. The monoisotopic (exact) mass is 233 g/mol. The van der Waals surface area contributed by atoms with Crippen LogP contribution in [0.25, 0.3) is 0 Å². The van der Waals surface area contributed by atoms with E-state index in [9.17, 15) is 5.11 Å². The second kappa shape index (κ2) is 5.19. The van der Waals surface area contributed by atoms with Crippen LogP contribution in [0.1, 0.15) is 38.7 Å². The van der Waals surface area contributed by atoms with Gasteiger partial charge in [-0.25, -0.2) is 0 Å². The van der Waals surface area contributed by atoms with Crippen LogP contribution in [0, 0.1) is 0 Å². The summed E-state index contributed by atoms with van der Waals surface area (Å²) in [6, 6.07) is 10.9. The van der Waals surface area contributed by atoms with Gasteiger partial charge < -0.3 is 5.11 Å². The minimum absolute atomic E-state index is 0.00900. The lowest BCUT2D eigenvalue weighted by Crippen LogP contribution is -2.51. The summed E-state index contributed by atoms with van der Waals surface area (Å²) in [5.74, 6) is 0. The van der Waals surface area contributed by atoms with Crippen molar-refractivity contribution >= 4 is 0 Å². The van der Waals surface area contributed by atoms with Crippen molar-refractivity contribution in [2.75, 3.05) is 13.2 Å². The standard InChI is InChI=1S/C15H23NO/c1-15(2,13-8-4-3-5-9-13)16-11-7-6-10-14(16)12-17/h3-5,8-9,14,17H,6-7,10-12H2,1-2H3/t14-/m1/s1. The molecular formula is C15H23NO. The van der Waals surface area contributed by atoms with Crippen LogP contribution in [0.3, 0.4) is 0 Å². The molecule has 0 radical (unpaired) electrons. The van der Waals surface area contributed by atoms with E-state index >= 15 is 0 Å². The lowest BCUT2D eigenvalue weighted by molar-refractivity contribution is 0.00875. The molecule has 0 unspecified atom stereocenters. The molecule has 0 aromatic heterocycles. The van der Waals surface area contributed by atoms with Crippen molar-refractivity contribution in [1.29, 1.82) is 0 Å². The highest BCUT2D eigenvalue weighted by molar-refractivity contribution is 5.23. The van der Waals surface area contributed by atoms with Crippen molar-refractivity contribution in [2.24, 2.45) is 0 Å². The number of benzene rings is 1. The molecule has 0 amide bonds. The molecule has 1 aliphatic heterocycles. The van der Waals surface area contributed by atoms with Crippen LogP contribution in [-0.2, 0) is 5.54 Å². The normalized spacial score (nSPS) is 22.6. The van der Waals surface area contributed by atoms with Gasteiger partial charge in [-0.3, -0.25) is 4.90 Å². The summed E-state index contributed by atoms with van der Waals surface area (Å²) in [5, 5.41) is 9.53. The molecule has 0 aliphatic carbocycles. The fraction of sp³-hybridized carbons (Fsp3) is 0.600. The zero-order valence-corrected chi connectivity index (χ0v) is 10.9. The highest BCUT2D eigenvalue weighted by Gasteiger charge is 2.34. The molecule has 2 heteroatoms. The molecule has 1 aromatic rings. The second-order valence-corrected chi connectivity index (χ2v) is 5.45. The van der Waals surface area contributed by atoms with E-state index in [2.05, 4.69) is 49.1 Å².